The van der Waals surface area contributed by atoms with Crippen LogP contribution in [-0.2, 0) is 14.8 Å². The van der Waals surface area contributed by atoms with E-state index in [9.17, 15) is 18.3 Å². The summed E-state index contributed by atoms with van der Waals surface area (Å²) in [4.78, 5) is 14.4. The molecular formula is C27H35N3O7S. The van der Waals surface area contributed by atoms with Crippen LogP contribution in [0.1, 0.15) is 19.4 Å². The maximum Gasteiger partial charge on any atom is 0.321 e. The number of carbonyl (C=O) groups excluding carboxylic acids is 1. The number of hydrogen-bond donors (Lipinski definition) is 2. The zero-order valence-electron chi connectivity index (χ0n) is 22.3. The van der Waals surface area contributed by atoms with E-state index < -0.39 is 22.2 Å². The fraction of sp³-hybridized carbons (Fsp3) is 0.444. The van der Waals surface area contributed by atoms with Crippen LogP contribution in [0.3, 0.4) is 0 Å². The van der Waals surface area contributed by atoms with Crippen LogP contribution in [0.15, 0.2) is 47.4 Å². The fourth-order valence-electron chi connectivity index (χ4n) is 3.98. The van der Waals surface area contributed by atoms with Crippen molar-refractivity contribution in [2.75, 3.05) is 52.9 Å². The smallest absolute Gasteiger partial charge is 0.321 e. The highest BCUT2D eigenvalue weighted by Crippen LogP contribution is 2.34. The third-order valence-corrected chi connectivity index (χ3v) is 8.28. The summed E-state index contributed by atoms with van der Waals surface area (Å²) < 4.78 is 44.9. The van der Waals surface area contributed by atoms with E-state index in [1.807, 2.05) is 6.92 Å². The molecule has 0 saturated heterocycles. The molecule has 0 aromatic heterocycles. The number of ether oxygens (including phenoxy) is 3. The lowest BCUT2D eigenvalue weighted by Gasteiger charge is -2.37. The van der Waals surface area contributed by atoms with Crippen LogP contribution < -0.4 is 14.8 Å². The fourth-order valence-corrected chi connectivity index (χ4v) is 5.80. The Bertz CT molecular complexity index is 1270. The number of nitrogens with zero attached hydrogens (tertiary/aromatic N) is 2. The molecule has 38 heavy (non-hydrogen) atoms. The molecule has 0 unspecified atom stereocenters. The van der Waals surface area contributed by atoms with Gasteiger partial charge in [-0.2, -0.15) is 4.31 Å². The Morgan fingerprint density at radius 1 is 1.26 bits per heavy atom. The molecule has 1 heterocycles. The van der Waals surface area contributed by atoms with Crippen molar-refractivity contribution >= 4 is 21.7 Å². The molecule has 2 aromatic carbocycles. The van der Waals surface area contributed by atoms with Crippen LogP contribution in [0.2, 0.25) is 0 Å². The van der Waals surface area contributed by atoms with Gasteiger partial charge >= 0.3 is 6.03 Å². The first-order chi connectivity index (χ1) is 18.1. The number of likely N-dealkylation sites (N-methyl/N-ethyl adjacent to an activating group) is 1. The number of aliphatic hydroxyl groups is 1. The Balaban J connectivity index is 1.91. The Hall–Kier alpha value is -3.30. The van der Waals surface area contributed by atoms with E-state index in [0.29, 0.717) is 17.0 Å². The number of hydrogen-bond acceptors (Lipinski definition) is 7. The lowest BCUT2D eigenvalue weighted by molar-refractivity contribution is 0.0830. The van der Waals surface area contributed by atoms with Gasteiger partial charge in [0.1, 0.15) is 29.1 Å². The highest BCUT2D eigenvalue weighted by atomic mass is 32.2. The van der Waals surface area contributed by atoms with E-state index >= 15 is 0 Å². The second-order valence-electron chi connectivity index (χ2n) is 9.18. The van der Waals surface area contributed by atoms with Gasteiger partial charge < -0.3 is 29.5 Å². The first kappa shape index (κ1) is 29.3. The second kappa shape index (κ2) is 13.0. The number of carbonyl (C=O) groups is 1. The average molecular weight is 546 g/mol. The highest BCUT2D eigenvalue weighted by molar-refractivity contribution is 7.89. The molecule has 0 saturated carbocycles. The molecule has 0 radical (unpaired) electrons. The Kier molecular flexibility index (Phi) is 9.99. The van der Waals surface area contributed by atoms with Gasteiger partial charge in [0, 0.05) is 43.9 Å². The molecule has 2 amide bonds. The van der Waals surface area contributed by atoms with Gasteiger partial charge in [-0.15, -0.1) is 0 Å². The van der Waals surface area contributed by atoms with E-state index in [-0.39, 0.29) is 48.9 Å². The Labute approximate surface area is 224 Å². The van der Waals surface area contributed by atoms with Crippen LogP contribution in [0.25, 0.3) is 0 Å². The van der Waals surface area contributed by atoms with Gasteiger partial charge in [-0.05, 0) is 49.4 Å². The molecule has 0 fully saturated rings. The van der Waals surface area contributed by atoms with Crippen molar-refractivity contribution in [2.45, 2.75) is 30.9 Å². The number of fused-ring (bicyclic) bond motifs is 1. The minimum absolute atomic E-state index is 0.0164. The largest absolute Gasteiger partial charge is 0.497 e. The first-order valence-corrected chi connectivity index (χ1v) is 13.6. The molecule has 11 heteroatoms. The summed E-state index contributed by atoms with van der Waals surface area (Å²) >= 11 is 0. The van der Waals surface area contributed by atoms with Gasteiger partial charge in [0.25, 0.3) is 0 Å². The summed E-state index contributed by atoms with van der Waals surface area (Å²) in [5, 5.41) is 12.6. The molecule has 0 bridgehead atoms. The summed E-state index contributed by atoms with van der Waals surface area (Å²) in [5.41, 5.74) is 1.17. The Morgan fingerprint density at radius 3 is 2.61 bits per heavy atom. The van der Waals surface area contributed by atoms with E-state index in [1.165, 1.54) is 22.4 Å². The minimum atomic E-state index is -3.97. The van der Waals surface area contributed by atoms with Gasteiger partial charge in [0.15, 0.2) is 0 Å². The van der Waals surface area contributed by atoms with Crippen LogP contribution >= 0.6 is 0 Å². The highest BCUT2D eigenvalue weighted by Gasteiger charge is 2.38. The van der Waals surface area contributed by atoms with Crippen molar-refractivity contribution in [2.24, 2.45) is 5.92 Å². The first-order valence-electron chi connectivity index (χ1n) is 12.2. The van der Waals surface area contributed by atoms with Crippen LogP contribution in [0.5, 0.6) is 11.5 Å². The summed E-state index contributed by atoms with van der Waals surface area (Å²) in [7, 11) is 0.778. The molecule has 0 spiro atoms. The maximum absolute atomic E-state index is 13.6. The van der Waals surface area contributed by atoms with Gasteiger partial charge in [0.05, 0.1) is 20.3 Å². The second-order valence-corrected chi connectivity index (χ2v) is 11.0. The SMILES string of the molecule is COCC#Cc1ccc2c(c1)O[C@H](CN(C)C(=O)Nc1ccc(OC)cc1)[C@@H](C)CN([C@H](C)CO)S2(=O)=O. The van der Waals surface area contributed by atoms with Gasteiger partial charge in [0.2, 0.25) is 10.0 Å². The predicted molar refractivity (Wildman–Crippen MR) is 144 cm³/mol. The molecular weight excluding hydrogens is 510 g/mol. The molecule has 2 aromatic rings. The van der Waals surface area contributed by atoms with E-state index in [0.717, 1.165) is 0 Å². The van der Waals surface area contributed by atoms with E-state index in [2.05, 4.69) is 17.2 Å². The molecule has 1 aliphatic rings. The quantitative estimate of drug-likeness (QED) is 0.514. The average Bonchev–Trinajstić information content (AvgIpc) is 2.90. The van der Waals surface area contributed by atoms with Crippen molar-refractivity contribution < 1.29 is 32.5 Å². The lowest BCUT2D eigenvalue weighted by Crippen LogP contribution is -2.50. The number of rotatable bonds is 7. The molecule has 1 aliphatic heterocycles. The van der Waals surface area contributed by atoms with E-state index in [4.69, 9.17) is 14.2 Å². The molecule has 206 valence electrons. The van der Waals surface area contributed by atoms with Crippen molar-refractivity contribution in [1.82, 2.24) is 9.21 Å². The van der Waals surface area contributed by atoms with Crippen LogP contribution in [0, 0.1) is 17.8 Å². The Morgan fingerprint density at radius 2 is 1.97 bits per heavy atom. The topological polar surface area (TPSA) is 118 Å². The third-order valence-electron chi connectivity index (χ3n) is 6.26. The van der Waals surface area contributed by atoms with Crippen molar-refractivity contribution in [3.63, 3.8) is 0 Å². The van der Waals surface area contributed by atoms with Crippen LogP contribution in [0.4, 0.5) is 10.5 Å². The number of benzene rings is 2. The number of aliphatic hydroxyl groups excluding tert-OH is 1. The maximum atomic E-state index is 13.6. The van der Waals surface area contributed by atoms with Crippen molar-refractivity contribution in [3.05, 3.63) is 48.0 Å². The standard InChI is InChI=1S/C27H35N3O7S/c1-19-16-30(20(2)18-31)38(33,34)26-13-8-21(7-6-14-35-4)15-24(26)37-25(19)17-29(3)27(32)28-22-9-11-23(36-5)12-10-22/h8-13,15,19-20,25,31H,14,16-18H2,1-5H3,(H,28,32)/t19-,20+,25+/m0/s1. The van der Waals surface area contributed by atoms with Gasteiger partial charge in [-0.1, -0.05) is 18.8 Å². The number of urea groups is 1. The third kappa shape index (κ3) is 6.96. The monoisotopic (exact) mass is 545 g/mol. The lowest BCUT2D eigenvalue weighted by atomic mass is 10.0. The van der Waals surface area contributed by atoms with Crippen molar-refractivity contribution in [1.29, 1.82) is 0 Å². The zero-order valence-corrected chi connectivity index (χ0v) is 23.1. The number of amides is 2. The molecule has 3 atom stereocenters. The number of anilines is 1. The number of sulfonamides is 1. The minimum Gasteiger partial charge on any atom is -0.497 e. The normalized spacial score (nSPS) is 19.4. The summed E-state index contributed by atoms with van der Waals surface area (Å²) in [6.07, 6.45) is -0.550. The zero-order chi connectivity index (χ0) is 27.9. The summed E-state index contributed by atoms with van der Waals surface area (Å²) in [5.74, 6) is 6.29. The van der Waals surface area contributed by atoms with Crippen LogP contribution in [-0.4, -0.2) is 88.5 Å². The molecule has 10 nitrogen and oxygen atoms in total. The van der Waals surface area contributed by atoms with Crippen molar-refractivity contribution in [3.8, 4) is 23.3 Å². The predicted octanol–water partition coefficient (Wildman–Crippen LogP) is 2.63. The molecule has 2 N–H and O–H groups in total. The molecule has 3 rings (SSSR count). The van der Waals surface area contributed by atoms with Gasteiger partial charge in [-0.3, -0.25) is 0 Å². The summed E-state index contributed by atoms with van der Waals surface area (Å²) in [6, 6.07) is 10.6. The van der Waals surface area contributed by atoms with Gasteiger partial charge in [-0.25, -0.2) is 13.2 Å². The number of methoxy groups -OCH3 is 2. The summed E-state index contributed by atoms with van der Waals surface area (Å²) in [6.45, 7) is 3.70. The molecule has 0 aliphatic carbocycles. The number of nitrogens with one attached hydrogen (secondary N) is 1. The van der Waals surface area contributed by atoms with E-state index in [1.54, 1.807) is 57.5 Å².